The molecule has 2 aromatic rings. The summed E-state index contributed by atoms with van der Waals surface area (Å²) in [5, 5.41) is 12.4. The first-order valence-electron chi connectivity index (χ1n) is 6.69. The number of halogens is 3. The van der Waals surface area contributed by atoms with Crippen LogP contribution in [0.1, 0.15) is 11.1 Å². The number of para-hydroxylation sites is 1. The van der Waals surface area contributed by atoms with Crippen LogP contribution in [-0.4, -0.2) is 17.9 Å². The van der Waals surface area contributed by atoms with Crippen molar-refractivity contribution in [3.8, 4) is 5.75 Å². The van der Waals surface area contributed by atoms with Crippen LogP contribution < -0.4 is 10.1 Å². The molecule has 0 saturated heterocycles. The number of benzene rings is 2. The Bertz CT molecular complexity index is 597. The molecule has 0 aromatic heterocycles. The van der Waals surface area contributed by atoms with E-state index in [9.17, 15) is 18.3 Å². The predicted octanol–water partition coefficient (Wildman–Crippen LogP) is 3.73. The molecule has 0 bridgehead atoms. The maximum atomic E-state index is 12.0. The van der Waals surface area contributed by atoms with Gasteiger partial charge in [0.1, 0.15) is 5.75 Å². The summed E-state index contributed by atoms with van der Waals surface area (Å²) < 4.78 is 40.8. The summed E-state index contributed by atoms with van der Waals surface area (Å²) in [5.41, 5.74) is 2.50. The van der Waals surface area contributed by atoms with Gasteiger partial charge >= 0.3 is 6.18 Å². The fraction of sp³-hybridized carbons (Fsp3) is 0.250. The van der Waals surface area contributed by atoms with Crippen molar-refractivity contribution in [3.05, 3.63) is 59.7 Å². The SMILES string of the molecule is OCc1ccccc1NCc1ccc(OCC(F)(F)F)cc1. The quantitative estimate of drug-likeness (QED) is 0.854. The lowest BCUT2D eigenvalue weighted by Crippen LogP contribution is -2.19. The molecule has 22 heavy (non-hydrogen) atoms. The van der Waals surface area contributed by atoms with E-state index in [-0.39, 0.29) is 12.4 Å². The highest BCUT2D eigenvalue weighted by Gasteiger charge is 2.28. The number of alkyl halides is 3. The monoisotopic (exact) mass is 311 g/mol. The first-order valence-corrected chi connectivity index (χ1v) is 6.69. The average molecular weight is 311 g/mol. The summed E-state index contributed by atoms with van der Waals surface area (Å²) in [5.74, 6) is 0.178. The second-order valence-electron chi connectivity index (χ2n) is 4.72. The number of hydrogen-bond acceptors (Lipinski definition) is 3. The molecule has 0 saturated carbocycles. The zero-order chi connectivity index (χ0) is 16.0. The lowest BCUT2D eigenvalue weighted by atomic mass is 10.1. The lowest BCUT2D eigenvalue weighted by molar-refractivity contribution is -0.153. The third-order valence-electron chi connectivity index (χ3n) is 3.00. The summed E-state index contributed by atoms with van der Waals surface area (Å²) in [7, 11) is 0. The van der Waals surface area contributed by atoms with E-state index >= 15 is 0 Å². The van der Waals surface area contributed by atoms with E-state index in [2.05, 4.69) is 10.1 Å². The second-order valence-corrected chi connectivity index (χ2v) is 4.72. The van der Waals surface area contributed by atoms with Crippen molar-refractivity contribution in [2.24, 2.45) is 0 Å². The van der Waals surface area contributed by atoms with E-state index in [0.717, 1.165) is 16.8 Å². The fourth-order valence-corrected chi connectivity index (χ4v) is 1.90. The average Bonchev–Trinajstić information content (AvgIpc) is 2.51. The van der Waals surface area contributed by atoms with Gasteiger partial charge in [0.25, 0.3) is 0 Å². The number of aliphatic hydroxyl groups is 1. The van der Waals surface area contributed by atoms with Gasteiger partial charge in [0.2, 0.25) is 0 Å². The largest absolute Gasteiger partial charge is 0.484 e. The van der Waals surface area contributed by atoms with Gasteiger partial charge in [-0.05, 0) is 23.8 Å². The Labute approximate surface area is 126 Å². The summed E-state index contributed by atoms with van der Waals surface area (Å²) >= 11 is 0. The maximum absolute atomic E-state index is 12.0. The molecular formula is C16H16F3NO2. The number of aliphatic hydroxyl groups excluding tert-OH is 1. The zero-order valence-electron chi connectivity index (χ0n) is 11.7. The number of ether oxygens (including phenoxy) is 1. The summed E-state index contributed by atoms with van der Waals surface area (Å²) in [4.78, 5) is 0. The van der Waals surface area contributed by atoms with Crippen molar-refractivity contribution >= 4 is 5.69 Å². The molecule has 0 spiro atoms. The molecule has 2 rings (SSSR count). The van der Waals surface area contributed by atoms with E-state index < -0.39 is 12.8 Å². The van der Waals surface area contributed by atoms with Crippen LogP contribution in [0.4, 0.5) is 18.9 Å². The van der Waals surface area contributed by atoms with Gasteiger partial charge in [0, 0.05) is 17.8 Å². The summed E-state index contributed by atoms with van der Waals surface area (Å²) in [6, 6.07) is 13.8. The van der Waals surface area contributed by atoms with Crippen molar-refractivity contribution in [1.29, 1.82) is 0 Å². The van der Waals surface area contributed by atoms with Crippen molar-refractivity contribution in [2.75, 3.05) is 11.9 Å². The first-order chi connectivity index (χ1) is 10.5. The first kappa shape index (κ1) is 16.2. The van der Waals surface area contributed by atoms with Crippen molar-refractivity contribution in [1.82, 2.24) is 0 Å². The van der Waals surface area contributed by atoms with Crippen molar-refractivity contribution < 1.29 is 23.0 Å². The molecule has 0 fully saturated rings. The number of hydrogen-bond donors (Lipinski definition) is 2. The van der Waals surface area contributed by atoms with Crippen LogP contribution in [0.5, 0.6) is 5.75 Å². The van der Waals surface area contributed by atoms with Crippen LogP contribution in [0.3, 0.4) is 0 Å². The Balaban J connectivity index is 1.91. The number of anilines is 1. The van der Waals surface area contributed by atoms with Crippen LogP contribution in [-0.2, 0) is 13.2 Å². The molecule has 0 aliphatic rings. The summed E-state index contributed by atoms with van der Waals surface area (Å²) in [6.07, 6.45) is -4.34. The number of nitrogens with one attached hydrogen (secondary N) is 1. The highest BCUT2D eigenvalue weighted by molar-refractivity contribution is 5.51. The molecule has 0 heterocycles. The Hall–Kier alpha value is -2.21. The summed E-state index contributed by atoms with van der Waals surface area (Å²) in [6.45, 7) is -0.863. The highest BCUT2D eigenvalue weighted by atomic mass is 19.4. The van der Waals surface area contributed by atoms with E-state index in [1.54, 1.807) is 12.1 Å². The van der Waals surface area contributed by atoms with Gasteiger partial charge < -0.3 is 15.2 Å². The molecular weight excluding hydrogens is 295 g/mol. The molecule has 118 valence electrons. The normalized spacial score (nSPS) is 11.3. The molecule has 0 radical (unpaired) electrons. The van der Waals surface area contributed by atoms with Crippen molar-refractivity contribution in [3.63, 3.8) is 0 Å². The molecule has 0 atom stereocenters. The molecule has 6 heteroatoms. The molecule has 0 unspecified atom stereocenters. The van der Waals surface area contributed by atoms with E-state index in [0.29, 0.717) is 6.54 Å². The van der Waals surface area contributed by atoms with Gasteiger partial charge in [-0.1, -0.05) is 30.3 Å². The topological polar surface area (TPSA) is 41.5 Å². The second kappa shape index (κ2) is 7.17. The van der Waals surface area contributed by atoms with Crippen LogP contribution in [0, 0.1) is 0 Å². The van der Waals surface area contributed by atoms with Gasteiger partial charge in [-0.25, -0.2) is 0 Å². The lowest BCUT2D eigenvalue weighted by Gasteiger charge is -2.12. The van der Waals surface area contributed by atoms with Crippen LogP contribution in [0.25, 0.3) is 0 Å². The fourth-order valence-electron chi connectivity index (χ4n) is 1.90. The molecule has 2 N–H and O–H groups in total. The minimum atomic E-state index is -4.34. The maximum Gasteiger partial charge on any atom is 0.422 e. The van der Waals surface area contributed by atoms with Gasteiger partial charge in [0.15, 0.2) is 6.61 Å². The minimum Gasteiger partial charge on any atom is -0.484 e. The molecule has 2 aromatic carbocycles. The van der Waals surface area contributed by atoms with Gasteiger partial charge in [-0.15, -0.1) is 0 Å². The zero-order valence-corrected chi connectivity index (χ0v) is 11.7. The van der Waals surface area contributed by atoms with Gasteiger partial charge in [0.05, 0.1) is 6.61 Å². The molecule has 0 aliphatic heterocycles. The third kappa shape index (κ3) is 4.96. The van der Waals surface area contributed by atoms with E-state index in [1.807, 2.05) is 24.3 Å². The Morgan fingerprint density at radius 3 is 2.32 bits per heavy atom. The smallest absolute Gasteiger partial charge is 0.422 e. The van der Waals surface area contributed by atoms with Crippen LogP contribution in [0.2, 0.25) is 0 Å². The predicted molar refractivity (Wildman–Crippen MR) is 77.7 cm³/mol. The highest BCUT2D eigenvalue weighted by Crippen LogP contribution is 2.20. The van der Waals surface area contributed by atoms with Gasteiger partial charge in [-0.2, -0.15) is 13.2 Å². The van der Waals surface area contributed by atoms with Gasteiger partial charge in [-0.3, -0.25) is 0 Å². The van der Waals surface area contributed by atoms with Crippen molar-refractivity contribution in [2.45, 2.75) is 19.3 Å². The third-order valence-corrected chi connectivity index (χ3v) is 3.00. The Kier molecular flexibility index (Phi) is 5.27. The van der Waals surface area contributed by atoms with Crippen LogP contribution in [0.15, 0.2) is 48.5 Å². The molecule has 0 aliphatic carbocycles. The van der Waals surface area contributed by atoms with E-state index in [4.69, 9.17) is 0 Å². The number of rotatable bonds is 6. The van der Waals surface area contributed by atoms with E-state index in [1.165, 1.54) is 12.1 Å². The Morgan fingerprint density at radius 2 is 1.68 bits per heavy atom. The molecule has 0 amide bonds. The standard InChI is InChI=1S/C16H16F3NO2/c17-16(18,19)11-22-14-7-5-12(6-8-14)9-20-15-4-2-1-3-13(15)10-21/h1-8,20-21H,9-11H2. The molecule has 3 nitrogen and oxygen atoms in total. The minimum absolute atomic E-state index is 0.0621. The van der Waals surface area contributed by atoms with Crippen LogP contribution >= 0.6 is 0 Å². The Morgan fingerprint density at radius 1 is 1.00 bits per heavy atom.